The van der Waals surface area contributed by atoms with Crippen LogP contribution in [0.3, 0.4) is 0 Å². The van der Waals surface area contributed by atoms with Crippen LogP contribution in [0.2, 0.25) is 0 Å². The number of hydrogen-bond donors (Lipinski definition) is 1. The summed E-state index contributed by atoms with van der Waals surface area (Å²) >= 11 is 0. The van der Waals surface area contributed by atoms with E-state index in [0.29, 0.717) is 13.0 Å². The summed E-state index contributed by atoms with van der Waals surface area (Å²) in [5.41, 5.74) is 1.17. The highest BCUT2D eigenvalue weighted by Gasteiger charge is 2.40. The molecule has 2 rings (SSSR count). The minimum Gasteiger partial charge on any atom is -0.496 e. The van der Waals surface area contributed by atoms with Crippen LogP contribution in [-0.4, -0.2) is 25.4 Å². The molecule has 0 amide bonds. The van der Waals surface area contributed by atoms with Gasteiger partial charge in [-0.05, 0) is 31.9 Å². The normalized spacial score (nSPS) is 22.8. The molecule has 0 spiro atoms. The fourth-order valence-corrected chi connectivity index (χ4v) is 2.77. The lowest BCUT2D eigenvalue weighted by Gasteiger charge is -2.34. The van der Waals surface area contributed by atoms with Gasteiger partial charge >= 0.3 is 0 Å². The third kappa shape index (κ3) is 2.25. The lowest BCUT2D eigenvalue weighted by molar-refractivity contribution is -0.0324. The summed E-state index contributed by atoms with van der Waals surface area (Å²) in [6.45, 7) is 5.41. The van der Waals surface area contributed by atoms with E-state index in [1.54, 1.807) is 7.11 Å². The Morgan fingerprint density at radius 1 is 1.50 bits per heavy atom. The van der Waals surface area contributed by atoms with E-state index in [1.165, 1.54) is 0 Å². The molecule has 2 unspecified atom stereocenters. The Kier molecular flexibility index (Phi) is 3.93. The van der Waals surface area contributed by atoms with Crippen molar-refractivity contribution in [2.45, 2.75) is 32.3 Å². The molecule has 100 valence electrons. The van der Waals surface area contributed by atoms with Gasteiger partial charge in [-0.1, -0.05) is 18.6 Å². The maximum Gasteiger partial charge on any atom is 0.124 e. The third-order valence-corrected chi connectivity index (χ3v) is 3.97. The van der Waals surface area contributed by atoms with E-state index in [4.69, 9.17) is 9.47 Å². The lowest BCUT2D eigenvalue weighted by atomic mass is 9.78. The second-order valence-corrected chi connectivity index (χ2v) is 5.04. The molecule has 0 aromatic heterocycles. The highest BCUT2D eigenvalue weighted by Crippen LogP contribution is 2.42. The van der Waals surface area contributed by atoms with Gasteiger partial charge in [-0.25, -0.2) is 0 Å². The van der Waals surface area contributed by atoms with Crippen LogP contribution in [0.4, 0.5) is 0 Å². The fourth-order valence-electron chi connectivity index (χ4n) is 2.77. The summed E-state index contributed by atoms with van der Waals surface area (Å²) in [5, 5.41) is 11.1. The van der Waals surface area contributed by atoms with Crippen molar-refractivity contribution < 1.29 is 14.6 Å². The Balaban J connectivity index is 2.45. The van der Waals surface area contributed by atoms with Crippen LogP contribution >= 0.6 is 0 Å². The molecule has 1 aliphatic heterocycles. The summed E-state index contributed by atoms with van der Waals surface area (Å²) in [4.78, 5) is 0. The van der Waals surface area contributed by atoms with Crippen molar-refractivity contribution in [3.8, 4) is 5.75 Å². The second-order valence-electron chi connectivity index (χ2n) is 5.04. The van der Waals surface area contributed by atoms with E-state index in [9.17, 15) is 5.11 Å². The molecular formula is C15H22O3. The van der Waals surface area contributed by atoms with Crippen LogP contribution in [0.25, 0.3) is 0 Å². The number of aryl methyl sites for hydroxylation is 1. The Morgan fingerprint density at radius 3 is 2.83 bits per heavy atom. The van der Waals surface area contributed by atoms with Gasteiger partial charge in [0.05, 0.1) is 19.3 Å². The Morgan fingerprint density at radius 2 is 2.28 bits per heavy atom. The molecule has 1 heterocycles. The maximum atomic E-state index is 11.1. The maximum absolute atomic E-state index is 11.1. The quantitative estimate of drug-likeness (QED) is 0.892. The topological polar surface area (TPSA) is 38.7 Å². The summed E-state index contributed by atoms with van der Waals surface area (Å²) in [6.07, 6.45) is 1.57. The number of aliphatic hydroxyl groups is 1. The average Bonchev–Trinajstić information content (AvgIpc) is 2.92. The van der Waals surface area contributed by atoms with E-state index in [-0.39, 0.29) is 5.92 Å². The molecule has 3 heteroatoms. The first kappa shape index (κ1) is 13.4. The van der Waals surface area contributed by atoms with Gasteiger partial charge in [0.2, 0.25) is 0 Å². The largest absolute Gasteiger partial charge is 0.496 e. The SMILES string of the molecule is CCC(O)(c1cc(C)ccc1OC)C1CCOC1. The van der Waals surface area contributed by atoms with Gasteiger partial charge in [-0.15, -0.1) is 0 Å². The van der Waals surface area contributed by atoms with Crippen LogP contribution < -0.4 is 4.74 Å². The van der Waals surface area contributed by atoms with Crippen molar-refractivity contribution in [2.24, 2.45) is 5.92 Å². The van der Waals surface area contributed by atoms with Crippen molar-refractivity contribution in [2.75, 3.05) is 20.3 Å². The highest BCUT2D eigenvalue weighted by molar-refractivity contribution is 5.41. The van der Waals surface area contributed by atoms with Crippen molar-refractivity contribution >= 4 is 0 Å². The highest BCUT2D eigenvalue weighted by atomic mass is 16.5. The number of rotatable bonds is 4. The third-order valence-electron chi connectivity index (χ3n) is 3.97. The van der Waals surface area contributed by atoms with Gasteiger partial charge in [0.1, 0.15) is 5.75 Å². The minimum atomic E-state index is -0.853. The molecule has 2 atom stereocenters. The molecule has 3 nitrogen and oxygen atoms in total. The zero-order chi connectivity index (χ0) is 13.2. The van der Waals surface area contributed by atoms with Gasteiger partial charge in [0, 0.05) is 18.1 Å². The number of hydrogen-bond acceptors (Lipinski definition) is 3. The summed E-state index contributed by atoms with van der Waals surface area (Å²) in [5.74, 6) is 0.912. The molecule has 1 aromatic carbocycles. The number of ether oxygens (including phenoxy) is 2. The van der Waals surface area contributed by atoms with E-state index in [0.717, 1.165) is 29.9 Å². The standard InChI is InChI=1S/C15H22O3/c1-4-15(16,12-7-8-18-10-12)13-9-11(2)5-6-14(13)17-3/h5-6,9,12,16H,4,7-8,10H2,1-3H3. The van der Waals surface area contributed by atoms with Gasteiger partial charge in [-0.2, -0.15) is 0 Å². The first-order valence-corrected chi connectivity index (χ1v) is 6.57. The predicted octanol–water partition coefficient (Wildman–Crippen LogP) is 2.64. The van der Waals surface area contributed by atoms with Crippen molar-refractivity contribution in [3.05, 3.63) is 29.3 Å². The molecule has 1 aromatic rings. The van der Waals surface area contributed by atoms with E-state index < -0.39 is 5.60 Å². The van der Waals surface area contributed by atoms with Gasteiger partial charge in [-0.3, -0.25) is 0 Å². The average molecular weight is 250 g/mol. The molecule has 0 aliphatic carbocycles. The minimum absolute atomic E-state index is 0.151. The zero-order valence-electron chi connectivity index (χ0n) is 11.4. The molecule has 0 bridgehead atoms. The fraction of sp³-hybridized carbons (Fsp3) is 0.600. The van der Waals surface area contributed by atoms with E-state index in [2.05, 4.69) is 0 Å². The number of methoxy groups -OCH3 is 1. The van der Waals surface area contributed by atoms with Crippen molar-refractivity contribution in [1.29, 1.82) is 0 Å². The second kappa shape index (κ2) is 5.29. The van der Waals surface area contributed by atoms with Crippen LogP contribution in [0.15, 0.2) is 18.2 Å². The van der Waals surface area contributed by atoms with Crippen LogP contribution in [0, 0.1) is 12.8 Å². The van der Waals surface area contributed by atoms with Crippen molar-refractivity contribution in [3.63, 3.8) is 0 Å². The summed E-state index contributed by atoms with van der Waals surface area (Å²) in [6, 6.07) is 5.96. The molecule has 0 saturated carbocycles. The van der Waals surface area contributed by atoms with Crippen LogP contribution in [0.1, 0.15) is 30.9 Å². The monoisotopic (exact) mass is 250 g/mol. The molecular weight excluding hydrogens is 228 g/mol. The Bertz CT molecular complexity index is 410. The molecule has 1 saturated heterocycles. The Labute approximate surface area is 109 Å². The van der Waals surface area contributed by atoms with Gasteiger partial charge in [0.25, 0.3) is 0 Å². The van der Waals surface area contributed by atoms with Gasteiger partial charge < -0.3 is 14.6 Å². The summed E-state index contributed by atoms with van der Waals surface area (Å²) < 4.78 is 10.8. The molecule has 1 fully saturated rings. The van der Waals surface area contributed by atoms with Gasteiger partial charge in [0.15, 0.2) is 0 Å². The first-order chi connectivity index (χ1) is 8.61. The molecule has 0 radical (unpaired) electrons. The number of benzene rings is 1. The Hall–Kier alpha value is -1.06. The van der Waals surface area contributed by atoms with Crippen molar-refractivity contribution in [1.82, 2.24) is 0 Å². The lowest BCUT2D eigenvalue weighted by Crippen LogP contribution is -2.35. The first-order valence-electron chi connectivity index (χ1n) is 6.57. The van der Waals surface area contributed by atoms with E-state index >= 15 is 0 Å². The predicted molar refractivity (Wildman–Crippen MR) is 70.8 cm³/mol. The summed E-state index contributed by atoms with van der Waals surface area (Å²) in [7, 11) is 1.65. The van der Waals surface area contributed by atoms with E-state index in [1.807, 2.05) is 32.0 Å². The molecule has 1 aliphatic rings. The smallest absolute Gasteiger partial charge is 0.124 e. The van der Waals surface area contributed by atoms with Crippen LogP contribution in [-0.2, 0) is 10.3 Å². The molecule has 1 N–H and O–H groups in total. The zero-order valence-corrected chi connectivity index (χ0v) is 11.4. The van der Waals surface area contributed by atoms with Crippen LogP contribution in [0.5, 0.6) is 5.75 Å². The molecule has 18 heavy (non-hydrogen) atoms.